The lowest BCUT2D eigenvalue weighted by molar-refractivity contribution is -0.128. The molecule has 2 amide bonds. The summed E-state index contributed by atoms with van der Waals surface area (Å²) in [4.78, 5) is 31.9. The van der Waals surface area contributed by atoms with Crippen LogP contribution in [0.25, 0.3) is 10.9 Å². The van der Waals surface area contributed by atoms with Crippen molar-refractivity contribution in [2.24, 2.45) is 0 Å². The molecule has 162 valence electrons. The first-order chi connectivity index (χ1) is 14.7. The van der Waals surface area contributed by atoms with Gasteiger partial charge in [0.1, 0.15) is 17.1 Å². The topological polar surface area (TPSA) is 68.4 Å². The molecule has 31 heavy (non-hydrogen) atoms. The number of H-pyrrole nitrogens is 1. The largest absolute Gasteiger partial charge is 0.357 e. The van der Waals surface area contributed by atoms with Crippen molar-refractivity contribution in [3.8, 4) is 0 Å². The summed E-state index contributed by atoms with van der Waals surface area (Å²) in [5, 5.41) is 4.11. The molecule has 2 N–H and O–H groups in total. The number of rotatable bonds is 5. The summed E-state index contributed by atoms with van der Waals surface area (Å²) in [6, 6.07) is 11.9. The number of hydrogen-bond donors (Lipinski definition) is 2. The summed E-state index contributed by atoms with van der Waals surface area (Å²) < 4.78 is 13.5. The van der Waals surface area contributed by atoms with Gasteiger partial charge in [0, 0.05) is 48.8 Å². The van der Waals surface area contributed by atoms with Gasteiger partial charge in [0.05, 0.1) is 0 Å². The van der Waals surface area contributed by atoms with Crippen LogP contribution in [0.4, 0.5) is 10.1 Å². The molecular formula is C23H24ClFN4O2. The third kappa shape index (κ3) is 3.97. The minimum absolute atomic E-state index is 0.0941. The van der Waals surface area contributed by atoms with Crippen molar-refractivity contribution in [3.63, 3.8) is 0 Å². The Labute approximate surface area is 185 Å². The first-order valence-corrected chi connectivity index (χ1v) is 10.4. The monoisotopic (exact) mass is 442 g/mol. The van der Waals surface area contributed by atoms with E-state index in [1.807, 2.05) is 36.1 Å². The molecule has 2 aromatic carbocycles. The van der Waals surface area contributed by atoms with E-state index in [0.717, 1.165) is 23.1 Å². The highest BCUT2D eigenvalue weighted by atomic mass is 35.5. The Morgan fingerprint density at radius 2 is 2.00 bits per heavy atom. The molecule has 0 saturated carbocycles. The molecule has 0 bridgehead atoms. The number of nitrogens with zero attached hydrogens (tertiary/aromatic N) is 2. The molecule has 1 fully saturated rings. The van der Waals surface area contributed by atoms with Crippen LogP contribution in [-0.4, -0.2) is 47.9 Å². The highest BCUT2D eigenvalue weighted by Gasteiger charge is 2.46. The zero-order valence-electron chi connectivity index (χ0n) is 17.6. The molecule has 6 nitrogen and oxygen atoms in total. The van der Waals surface area contributed by atoms with Crippen molar-refractivity contribution in [1.29, 1.82) is 0 Å². The van der Waals surface area contributed by atoms with Crippen LogP contribution in [-0.2, 0) is 11.3 Å². The molecule has 0 spiro atoms. The fraction of sp³-hybridized carbons (Fsp3) is 0.304. The number of anilines is 1. The number of hydrogen-bond acceptors (Lipinski definition) is 3. The summed E-state index contributed by atoms with van der Waals surface area (Å²) in [5.74, 6) is -0.653. The van der Waals surface area contributed by atoms with Gasteiger partial charge in [-0.05, 0) is 61.4 Å². The third-order valence-electron chi connectivity index (χ3n) is 5.84. The van der Waals surface area contributed by atoms with Crippen LogP contribution in [0.2, 0.25) is 5.02 Å². The van der Waals surface area contributed by atoms with Crippen LogP contribution in [0.1, 0.15) is 29.4 Å². The average Bonchev–Trinajstić information content (AvgIpc) is 3.12. The summed E-state index contributed by atoms with van der Waals surface area (Å²) in [6.07, 6.45) is 0.707. The third-order valence-corrected chi connectivity index (χ3v) is 6.05. The van der Waals surface area contributed by atoms with Gasteiger partial charge < -0.3 is 20.1 Å². The van der Waals surface area contributed by atoms with Crippen LogP contribution in [0.5, 0.6) is 0 Å². The second-order valence-electron chi connectivity index (χ2n) is 8.29. The lowest BCUT2D eigenvalue weighted by atomic mass is 9.84. The van der Waals surface area contributed by atoms with Gasteiger partial charge in [-0.3, -0.25) is 9.59 Å². The van der Waals surface area contributed by atoms with E-state index in [9.17, 15) is 14.0 Å². The van der Waals surface area contributed by atoms with E-state index < -0.39 is 11.4 Å². The molecule has 8 heteroatoms. The highest BCUT2D eigenvalue weighted by Crippen LogP contribution is 2.37. The first-order valence-electron chi connectivity index (χ1n) is 10.0. The Bertz CT molecular complexity index is 1160. The van der Waals surface area contributed by atoms with E-state index in [1.165, 1.54) is 17.0 Å². The number of amides is 2. The number of aromatic amines is 1. The molecule has 0 aliphatic carbocycles. The molecule has 2 heterocycles. The highest BCUT2D eigenvalue weighted by molar-refractivity contribution is 6.30. The van der Waals surface area contributed by atoms with E-state index >= 15 is 0 Å². The quantitative estimate of drug-likeness (QED) is 0.628. The lowest BCUT2D eigenvalue weighted by Gasteiger charge is -2.50. The van der Waals surface area contributed by atoms with Crippen molar-refractivity contribution in [1.82, 2.24) is 15.2 Å². The van der Waals surface area contributed by atoms with Crippen LogP contribution >= 0.6 is 11.6 Å². The number of benzene rings is 2. The predicted octanol–water partition coefficient (Wildman–Crippen LogP) is 3.95. The zero-order chi connectivity index (χ0) is 22.3. The first kappa shape index (κ1) is 21.2. The second kappa shape index (κ2) is 7.89. The van der Waals surface area contributed by atoms with Crippen molar-refractivity contribution < 1.29 is 14.0 Å². The summed E-state index contributed by atoms with van der Waals surface area (Å²) >= 11 is 5.90. The van der Waals surface area contributed by atoms with Crippen molar-refractivity contribution >= 4 is 40.0 Å². The Balaban J connectivity index is 1.51. The molecule has 1 saturated heterocycles. The van der Waals surface area contributed by atoms with Gasteiger partial charge in [-0.2, -0.15) is 0 Å². The molecule has 1 atom stereocenters. The molecule has 0 unspecified atom stereocenters. The summed E-state index contributed by atoms with van der Waals surface area (Å²) in [6.45, 7) is 2.84. The van der Waals surface area contributed by atoms with Crippen LogP contribution in [0.15, 0.2) is 42.5 Å². The number of carbonyl (C=O) groups excluding carboxylic acids is 2. The van der Waals surface area contributed by atoms with Gasteiger partial charge in [-0.25, -0.2) is 4.39 Å². The molecular weight excluding hydrogens is 419 g/mol. The number of fused-ring (bicyclic) bond motifs is 1. The second-order valence-corrected chi connectivity index (χ2v) is 8.73. The normalized spacial score (nSPS) is 18.0. The Hall–Kier alpha value is -3.06. The van der Waals surface area contributed by atoms with Crippen LogP contribution < -0.4 is 10.2 Å². The number of carbonyl (C=O) groups is 2. The smallest absolute Gasteiger partial charge is 0.269 e. The molecule has 1 aromatic heterocycles. The molecule has 0 radical (unpaired) electrons. The van der Waals surface area contributed by atoms with E-state index in [1.54, 1.807) is 20.2 Å². The molecule has 1 aliphatic rings. The fourth-order valence-corrected chi connectivity index (χ4v) is 4.18. The van der Waals surface area contributed by atoms with Gasteiger partial charge in [-0.1, -0.05) is 11.6 Å². The van der Waals surface area contributed by atoms with Crippen molar-refractivity contribution in [2.45, 2.75) is 25.4 Å². The van der Waals surface area contributed by atoms with E-state index in [0.29, 0.717) is 22.7 Å². The van der Waals surface area contributed by atoms with Gasteiger partial charge in [0.15, 0.2) is 0 Å². The Morgan fingerprint density at radius 3 is 2.65 bits per heavy atom. The minimum Gasteiger partial charge on any atom is -0.357 e. The molecule has 4 rings (SSSR count). The number of halogens is 2. The van der Waals surface area contributed by atoms with Crippen LogP contribution in [0.3, 0.4) is 0 Å². The Morgan fingerprint density at radius 1 is 1.23 bits per heavy atom. The van der Waals surface area contributed by atoms with Crippen molar-refractivity contribution in [2.75, 3.05) is 25.5 Å². The standard InChI is InChI=1S/C23H24ClFN4O2/c1-23(22(31)26-13-14-8-16(24)12-17(25)9-14)6-7-29(23)18-4-5-19-15(10-18)11-20(27-19)21(30)28(2)3/h4-5,8-12,27H,6-7,13H2,1-3H3,(H,26,31)/t23-/m0/s1. The van der Waals surface area contributed by atoms with Gasteiger partial charge in [-0.15, -0.1) is 0 Å². The van der Waals surface area contributed by atoms with E-state index in [4.69, 9.17) is 11.6 Å². The van der Waals surface area contributed by atoms with Gasteiger partial charge in [0.25, 0.3) is 5.91 Å². The van der Waals surface area contributed by atoms with E-state index in [2.05, 4.69) is 10.3 Å². The maximum Gasteiger partial charge on any atom is 0.269 e. The SMILES string of the molecule is CN(C)C(=O)c1cc2cc(N3CC[C@@]3(C)C(=O)NCc3cc(F)cc(Cl)c3)ccc2[nH]1. The van der Waals surface area contributed by atoms with Crippen molar-refractivity contribution in [3.05, 3.63) is 64.6 Å². The average molecular weight is 443 g/mol. The Kier molecular flexibility index (Phi) is 5.39. The lowest BCUT2D eigenvalue weighted by Crippen LogP contribution is -2.66. The van der Waals surface area contributed by atoms with Gasteiger partial charge in [0.2, 0.25) is 5.91 Å². The number of aromatic nitrogens is 1. The predicted molar refractivity (Wildman–Crippen MR) is 120 cm³/mol. The maximum absolute atomic E-state index is 13.5. The summed E-state index contributed by atoms with van der Waals surface area (Å²) in [7, 11) is 3.42. The minimum atomic E-state index is -0.705. The zero-order valence-corrected chi connectivity index (χ0v) is 18.4. The molecule has 3 aromatic rings. The fourth-order valence-electron chi connectivity index (χ4n) is 3.94. The van der Waals surface area contributed by atoms with E-state index in [-0.39, 0.29) is 18.4 Å². The number of nitrogens with one attached hydrogen (secondary N) is 2. The summed E-state index contributed by atoms with van der Waals surface area (Å²) in [5.41, 5.74) is 2.20. The maximum atomic E-state index is 13.5. The molecule has 1 aliphatic heterocycles. The van der Waals surface area contributed by atoms with Gasteiger partial charge >= 0.3 is 0 Å². The van der Waals surface area contributed by atoms with Crippen LogP contribution in [0, 0.1) is 5.82 Å².